The Balaban J connectivity index is 2.22. The average Bonchev–Trinajstić information content (AvgIpc) is 2.72. The zero-order valence-electron chi connectivity index (χ0n) is 10.3. The summed E-state index contributed by atoms with van der Waals surface area (Å²) in [5.41, 5.74) is 0.566. The molecule has 1 aromatic heterocycles. The third-order valence-corrected chi connectivity index (χ3v) is 3.82. The molecule has 0 saturated carbocycles. The molecule has 0 fully saturated rings. The van der Waals surface area contributed by atoms with Crippen LogP contribution in [0.3, 0.4) is 0 Å². The van der Waals surface area contributed by atoms with Crippen LogP contribution in [-0.2, 0) is 7.05 Å². The molecule has 7 heteroatoms. The standard InChI is InChI=1S/C12H11BrIN3O2/c1-17-11(19-2)6-10(16-17)15-12(18)8-5-7(14)3-4-9(8)13/h3-6H,1-2H3,(H,15,16,18). The lowest BCUT2D eigenvalue weighted by Crippen LogP contribution is -2.13. The number of carbonyl (C=O) groups excluding carboxylic acids is 1. The molecule has 0 saturated heterocycles. The predicted octanol–water partition coefficient (Wildman–Crippen LogP) is 3.05. The summed E-state index contributed by atoms with van der Waals surface area (Å²) in [7, 11) is 3.30. The highest BCUT2D eigenvalue weighted by molar-refractivity contribution is 14.1. The van der Waals surface area contributed by atoms with E-state index in [4.69, 9.17) is 4.74 Å². The maximum absolute atomic E-state index is 12.2. The van der Waals surface area contributed by atoms with Crippen LogP contribution in [0.4, 0.5) is 5.82 Å². The minimum atomic E-state index is -0.217. The molecule has 0 radical (unpaired) electrons. The second-order valence-corrected chi connectivity index (χ2v) is 5.87. The first-order valence-corrected chi connectivity index (χ1v) is 7.23. The Kier molecular flexibility index (Phi) is 4.46. The van der Waals surface area contributed by atoms with E-state index >= 15 is 0 Å². The molecule has 0 aliphatic rings. The van der Waals surface area contributed by atoms with Crippen molar-refractivity contribution in [1.29, 1.82) is 0 Å². The number of amides is 1. The van der Waals surface area contributed by atoms with E-state index in [0.717, 1.165) is 8.04 Å². The number of methoxy groups -OCH3 is 1. The van der Waals surface area contributed by atoms with Crippen LogP contribution in [0.5, 0.6) is 5.88 Å². The quantitative estimate of drug-likeness (QED) is 0.754. The third-order valence-electron chi connectivity index (χ3n) is 2.46. The zero-order chi connectivity index (χ0) is 14.0. The summed E-state index contributed by atoms with van der Waals surface area (Å²) in [5, 5.41) is 6.88. The van der Waals surface area contributed by atoms with Crippen LogP contribution in [-0.4, -0.2) is 22.8 Å². The molecule has 5 nitrogen and oxygen atoms in total. The fraction of sp³-hybridized carbons (Fsp3) is 0.167. The number of rotatable bonds is 3. The van der Waals surface area contributed by atoms with Gasteiger partial charge in [-0.2, -0.15) is 5.10 Å². The van der Waals surface area contributed by atoms with E-state index in [2.05, 4.69) is 48.9 Å². The Bertz CT molecular complexity index is 627. The number of carbonyl (C=O) groups is 1. The number of halogens is 2. The highest BCUT2D eigenvalue weighted by atomic mass is 127. The second-order valence-electron chi connectivity index (χ2n) is 3.77. The average molecular weight is 436 g/mol. The molecule has 1 N–H and O–H groups in total. The second kappa shape index (κ2) is 5.91. The number of anilines is 1. The smallest absolute Gasteiger partial charge is 0.258 e. The fourth-order valence-electron chi connectivity index (χ4n) is 1.56. The first-order chi connectivity index (χ1) is 9.01. The van der Waals surface area contributed by atoms with Gasteiger partial charge in [0.05, 0.1) is 12.7 Å². The van der Waals surface area contributed by atoms with E-state index in [1.165, 1.54) is 0 Å². The summed E-state index contributed by atoms with van der Waals surface area (Å²) in [4.78, 5) is 12.2. The van der Waals surface area contributed by atoms with Crippen molar-refractivity contribution in [3.8, 4) is 5.88 Å². The van der Waals surface area contributed by atoms with Crippen molar-refractivity contribution in [3.05, 3.63) is 37.9 Å². The van der Waals surface area contributed by atoms with Crippen LogP contribution in [0.1, 0.15) is 10.4 Å². The first-order valence-electron chi connectivity index (χ1n) is 5.35. The number of nitrogens with one attached hydrogen (secondary N) is 1. The topological polar surface area (TPSA) is 56.1 Å². The molecule has 1 amide bonds. The Labute approximate surface area is 132 Å². The van der Waals surface area contributed by atoms with E-state index in [9.17, 15) is 4.79 Å². The van der Waals surface area contributed by atoms with Gasteiger partial charge in [-0.1, -0.05) is 0 Å². The van der Waals surface area contributed by atoms with E-state index in [1.807, 2.05) is 12.1 Å². The molecule has 2 rings (SSSR count). The number of benzene rings is 1. The summed E-state index contributed by atoms with van der Waals surface area (Å²) in [6.45, 7) is 0. The molecule has 0 atom stereocenters. The number of nitrogens with zero attached hydrogens (tertiary/aromatic N) is 2. The summed E-state index contributed by atoms with van der Waals surface area (Å²) in [6, 6.07) is 7.24. The molecule has 1 aromatic carbocycles. The molecule has 0 unspecified atom stereocenters. The molecule has 0 spiro atoms. The normalized spacial score (nSPS) is 10.3. The van der Waals surface area contributed by atoms with Gasteiger partial charge in [0.15, 0.2) is 5.82 Å². The summed E-state index contributed by atoms with van der Waals surface area (Å²) in [5.74, 6) is 0.818. The van der Waals surface area contributed by atoms with Crippen molar-refractivity contribution < 1.29 is 9.53 Å². The molecule has 0 aliphatic heterocycles. The maximum Gasteiger partial charge on any atom is 0.258 e. The van der Waals surface area contributed by atoms with Gasteiger partial charge in [-0.3, -0.25) is 4.79 Å². The Morgan fingerprint density at radius 2 is 2.21 bits per heavy atom. The molecule has 2 aromatic rings. The summed E-state index contributed by atoms with van der Waals surface area (Å²) in [6.07, 6.45) is 0. The van der Waals surface area contributed by atoms with Crippen LogP contribution in [0.25, 0.3) is 0 Å². The minimum Gasteiger partial charge on any atom is -0.481 e. The van der Waals surface area contributed by atoms with Gasteiger partial charge >= 0.3 is 0 Å². The fourth-order valence-corrected chi connectivity index (χ4v) is 2.48. The van der Waals surface area contributed by atoms with Crippen molar-refractivity contribution in [2.45, 2.75) is 0 Å². The van der Waals surface area contributed by atoms with Crippen molar-refractivity contribution in [2.75, 3.05) is 12.4 Å². The largest absolute Gasteiger partial charge is 0.481 e. The van der Waals surface area contributed by atoms with Crippen molar-refractivity contribution in [2.24, 2.45) is 7.05 Å². The lowest BCUT2D eigenvalue weighted by molar-refractivity contribution is 0.102. The van der Waals surface area contributed by atoms with Gasteiger partial charge in [-0.25, -0.2) is 4.68 Å². The predicted molar refractivity (Wildman–Crippen MR) is 84.6 cm³/mol. The lowest BCUT2D eigenvalue weighted by atomic mass is 10.2. The van der Waals surface area contributed by atoms with E-state index in [0.29, 0.717) is 17.3 Å². The highest BCUT2D eigenvalue weighted by Crippen LogP contribution is 2.21. The molecular weight excluding hydrogens is 425 g/mol. The monoisotopic (exact) mass is 435 g/mol. The molecule has 0 bridgehead atoms. The van der Waals surface area contributed by atoms with Gasteiger partial charge in [0.1, 0.15) is 0 Å². The number of aryl methyl sites for hydroxylation is 1. The van der Waals surface area contributed by atoms with Gasteiger partial charge in [0.2, 0.25) is 5.88 Å². The summed E-state index contributed by atoms with van der Waals surface area (Å²) < 4.78 is 8.38. The molecular formula is C12H11BrIN3O2. The van der Waals surface area contributed by atoms with Crippen LogP contribution in [0.15, 0.2) is 28.7 Å². The zero-order valence-corrected chi connectivity index (χ0v) is 14.0. The van der Waals surface area contributed by atoms with Gasteiger partial charge in [0, 0.05) is 21.2 Å². The van der Waals surface area contributed by atoms with E-state index in [1.54, 1.807) is 31.0 Å². The third kappa shape index (κ3) is 3.27. The van der Waals surface area contributed by atoms with Gasteiger partial charge in [-0.05, 0) is 56.7 Å². The summed E-state index contributed by atoms with van der Waals surface area (Å²) >= 11 is 5.52. The van der Waals surface area contributed by atoms with Crippen molar-refractivity contribution in [1.82, 2.24) is 9.78 Å². The first kappa shape index (κ1) is 14.3. The molecule has 100 valence electrons. The Hall–Kier alpha value is -1.09. The molecule has 19 heavy (non-hydrogen) atoms. The SMILES string of the molecule is COc1cc(NC(=O)c2cc(I)ccc2Br)nn1C. The minimum absolute atomic E-state index is 0.217. The van der Waals surface area contributed by atoms with Gasteiger partial charge < -0.3 is 10.1 Å². The van der Waals surface area contributed by atoms with Gasteiger partial charge in [0.25, 0.3) is 5.91 Å². The number of hydrogen-bond acceptors (Lipinski definition) is 3. The van der Waals surface area contributed by atoms with Crippen LogP contribution in [0, 0.1) is 3.57 Å². The number of aromatic nitrogens is 2. The van der Waals surface area contributed by atoms with Crippen LogP contribution >= 0.6 is 38.5 Å². The van der Waals surface area contributed by atoms with E-state index in [-0.39, 0.29) is 5.91 Å². The van der Waals surface area contributed by atoms with Crippen LogP contribution < -0.4 is 10.1 Å². The van der Waals surface area contributed by atoms with Crippen molar-refractivity contribution >= 4 is 50.2 Å². The molecule has 1 heterocycles. The van der Waals surface area contributed by atoms with Crippen LogP contribution in [0.2, 0.25) is 0 Å². The molecule has 0 aliphatic carbocycles. The number of hydrogen-bond donors (Lipinski definition) is 1. The Morgan fingerprint density at radius 3 is 2.84 bits per heavy atom. The lowest BCUT2D eigenvalue weighted by Gasteiger charge is -2.04. The van der Waals surface area contributed by atoms with Crippen molar-refractivity contribution in [3.63, 3.8) is 0 Å². The highest BCUT2D eigenvalue weighted by Gasteiger charge is 2.13. The maximum atomic E-state index is 12.2. The Morgan fingerprint density at radius 1 is 1.47 bits per heavy atom. The number of ether oxygens (including phenoxy) is 1. The van der Waals surface area contributed by atoms with Gasteiger partial charge in [-0.15, -0.1) is 0 Å². The van der Waals surface area contributed by atoms with E-state index < -0.39 is 0 Å².